The molecule has 0 radical (unpaired) electrons. The second kappa shape index (κ2) is 6.53. The lowest BCUT2D eigenvalue weighted by Crippen LogP contribution is -2.28. The molecule has 0 saturated carbocycles. The van der Waals surface area contributed by atoms with E-state index in [-0.39, 0.29) is 5.41 Å². The topological polar surface area (TPSA) is 29.1 Å². The first-order valence-corrected chi connectivity index (χ1v) is 7.81. The molecule has 0 unspecified atom stereocenters. The third-order valence-electron chi connectivity index (χ3n) is 4.31. The van der Waals surface area contributed by atoms with E-state index >= 15 is 0 Å². The van der Waals surface area contributed by atoms with Crippen LogP contribution in [0, 0.1) is 5.92 Å². The van der Waals surface area contributed by atoms with Crippen molar-refractivity contribution in [2.45, 2.75) is 51.9 Å². The molecular weight excluding hydrogens is 246 g/mol. The number of piperidine rings is 1. The van der Waals surface area contributed by atoms with E-state index in [4.69, 9.17) is 0 Å². The van der Waals surface area contributed by atoms with Crippen LogP contribution < -0.4 is 5.32 Å². The Hall–Kier alpha value is -1.15. The number of carbonyl (C=O) groups excluding carboxylic acids is 1. The van der Waals surface area contributed by atoms with Crippen molar-refractivity contribution in [3.05, 3.63) is 35.4 Å². The second-order valence-corrected chi connectivity index (χ2v) is 6.98. The Labute approximate surface area is 123 Å². The summed E-state index contributed by atoms with van der Waals surface area (Å²) < 4.78 is 0. The lowest BCUT2D eigenvalue weighted by Gasteiger charge is -2.22. The van der Waals surface area contributed by atoms with E-state index < -0.39 is 0 Å². The van der Waals surface area contributed by atoms with Gasteiger partial charge in [0.25, 0.3) is 0 Å². The summed E-state index contributed by atoms with van der Waals surface area (Å²) >= 11 is 0. The molecule has 110 valence electrons. The second-order valence-electron chi connectivity index (χ2n) is 6.98. The van der Waals surface area contributed by atoms with E-state index in [1.165, 1.54) is 18.4 Å². The maximum Gasteiger partial charge on any atom is 0.162 e. The summed E-state index contributed by atoms with van der Waals surface area (Å²) in [6.07, 6.45) is 4.17. The maximum absolute atomic E-state index is 12.2. The first-order chi connectivity index (χ1) is 9.47. The summed E-state index contributed by atoms with van der Waals surface area (Å²) in [6, 6.07) is 8.17. The van der Waals surface area contributed by atoms with Crippen molar-refractivity contribution in [3.8, 4) is 0 Å². The van der Waals surface area contributed by atoms with Gasteiger partial charge in [0, 0.05) is 12.0 Å². The lowest BCUT2D eigenvalue weighted by molar-refractivity contribution is 0.0970. The molecule has 0 amide bonds. The van der Waals surface area contributed by atoms with E-state index in [1.807, 2.05) is 12.1 Å². The van der Waals surface area contributed by atoms with Crippen LogP contribution >= 0.6 is 0 Å². The number of hydrogen-bond acceptors (Lipinski definition) is 2. The van der Waals surface area contributed by atoms with Crippen molar-refractivity contribution < 1.29 is 4.79 Å². The minimum atomic E-state index is 0.149. The summed E-state index contributed by atoms with van der Waals surface area (Å²) in [5, 5.41) is 3.37. The average Bonchev–Trinajstić information content (AvgIpc) is 2.45. The molecule has 0 bridgehead atoms. The summed E-state index contributed by atoms with van der Waals surface area (Å²) in [4.78, 5) is 12.2. The zero-order chi connectivity index (χ0) is 14.6. The van der Waals surface area contributed by atoms with Crippen molar-refractivity contribution >= 4 is 5.78 Å². The molecule has 0 aliphatic carbocycles. The van der Waals surface area contributed by atoms with Crippen molar-refractivity contribution in [1.29, 1.82) is 0 Å². The van der Waals surface area contributed by atoms with Gasteiger partial charge in [0.2, 0.25) is 0 Å². The third-order valence-corrected chi connectivity index (χ3v) is 4.31. The fourth-order valence-corrected chi connectivity index (χ4v) is 2.81. The van der Waals surface area contributed by atoms with E-state index in [0.717, 1.165) is 31.0 Å². The normalized spacial score (nSPS) is 17.1. The molecule has 1 N–H and O–H groups in total. The fraction of sp³-hybridized carbons (Fsp3) is 0.611. The molecule has 1 heterocycles. The lowest BCUT2D eigenvalue weighted by atomic mass is 9.86. The summed E-state index contributed by atoms with van der Waals surface area (Å²) in [6.45, 7) is 8.81. The summed E-state index contributed by atoms with van der Waals surface area (Å²) in [5.74, 6) is 1.03. The SMILES string of the molecule is CC(C)(C)c1ccc(C(=O)CCC2CCNCC2)cc1. The first kappa shape index (κ1) is 15.2. The van der Waals surface area contributed by atoms with Gasteiger partial charge in [0.15, 0.2) is 5.78 Å². The van der Waals surface area contributed by atoms with Gasteiger partial charge in [-0.3, -0.25) is 4.79 Å². The van der Waals surface area contributed by atoms with Gasteiger partial charge in [-0.2, -0.15) is 0 Å². The van der Waals surface area contributed by atoms with Crippen molar-refractivity contribution in [2.24, 2.45) is 5.92 Å². The van der Waals surface area contributed by atoms with Crippen LogP contribution in [-0.4, -0.2) is 18.9 Å². The van der Waals surface area contributed by atoms with Gasteiger partial charge in [-0.15, -0.1) is 0 Å². The summed E-state index contributed by atoms with van der Waals surface area (Å²) in [7, 11) is 0. The monoisotopic (exact) mass is 273 g/mol. The molecule has 1 aliphatic rings. The molecule has 1 aromatic carbocycles. The van der Waals surface area contributed by atoms with Crippen molar-refractivity contribution in [2.75, 3.05) is 13.1 Å². The summed E-state index contributed by atoms with van der Waals surface area (Å²) in [5.41, 5.74) is 2.30. The van der Waals surface area contributed by atoms with E-state index in [1.54, 1.807) is 0 Å². The van der Waals surface area contributed by atoms with Gasteiger partial charge < -0.3 is 5.32 Å². The highest BCUT2D eigenvalue weighted by Crippen LogP contribution is 2.23. The van der Waals surface area contributed by atoms with Crippen LogP contribution in [0.1, 0.15) is 62.4 Å². The minimum absolute atomic E-state index is 0.149. The number of benzene rings is 1. The Morgan fingerprint density at radius 2 is 1.75 bits per heavy atom. The van der Waals surface area contributed by atoms with Crippen LogP contribution in [0.25, 0.3) is 0 Å². The van der Waals surface area contributed by atoms with Gasteiger partial charge in [-0.1, -0.05) is 45.0 Å². The van der Waals surface area contributed by atoms with E-state index in [2.05, 4.69) is 38.2 Å². The van der Waals surface area contributed by atoms with Crippen LogP contribution in [-0.2, 0) is 5.41 Å². The Balaban J connectivity index is 1.89. The van der Waals surface area contributed by atoms with E-state index in [9.17, 15) is 4.79 Å². The Morgan fingerprint density at radius 3 is 2.30 bits per heavy atom. The number of nitrogens with one attached hydrogen (secondary N) is 1. The molecule has 1 aliphatic heterocycles. The Morgan fingerprint density at radius 1 is 1.15 bits per heavy atom. The van der Waals surface area contributed by atoms with Crippen LogP contribution in [0.2, 0.25) is 0 Å². The molecule has 1 fully saturated rings. The van der Waals surface area contributed by atoms with E-state index in [0.29, 0.717) is 12.2 Å². The largest absolute Gasteiger partial charge is 0.317 e. The van der Waals surface area contributed by atoms with Gasteiger partial charge in [0.1, 0.15) is 0 Å². The predicted octanol–water partition coefficient (Wildman–Crippen LogP) is 3.95. The van der Waals surface area contributed by atoms with Crippen LogP contribution in [0.15, 0.2) is 24.3 Å². The molecule has 0 spiro atoms. The number of carbonyl (C=O) groups is 1. The molecule has 20 heavy (non-hydrogen) atoms. The standard InChI is InChI=1S/C18H27NO/c1-18(2,3)16-7-5-15(6-8-16)17(20)9-4-14-10-12-19-13-11-14/h5-8,14,19H,4,9-13H2,1-3H3. The number of hydrogen-bond donors (Lipinski definition) is 1. The predicted molar refractivity (Wildman–Crippen MR) is 84.3 cm³/mol. The third kappa shape index (κ3) is 4.17. The fourth-order valence-electron chi connectivity index (χ4n) is 2.81. The number of ketones is 1. The average molecular weight is 273 g/mol. The highest BCUT2D eigenvalue weighted by atomic mass is 16.1. The quantitative estimate of drug-likeness (QED) is 0.842. The zero-order valence-corrected chi connectivity index (χ0v) is 13.0. The molecule has 2 nitrogen and oxygen atoms in total. The molecule has 0 aromatic heterocycles. The maximum atomic E-state index is 12.2. The van der Waals surface area contributed by atoms with Crippen LogP contribution in [0.5, 0.6) is 0 Å². The smallest absolute Gasteiger partial charge is 0.162 e. The number of Topliss-reactive ketones (excluding diaryl/α,β-unsaturated/α-hetero) is 1. The highest BCUT2D eigenvalue weighted by molar-refractivity contribution is 5.96. The van der Waals surface area contributed by atoms with Crippen molar-refractivity contribution in [3.63, 3.8) is 0 Å². The molecular formula is C18H27NO. The molecule has 1 aromatic rings. The van der Waals surface area contributed by atoms with Crippen LogP contribution in [0.4, 0.5) is 0 Å². The minimum Gasteiger partial charge on any atom is -0.317 e. The molecule has 0 atom stereocenters. The molecule has 2 heteroatoms. The first-order valence-electron chi connectivity index (χ1n) is 7.81. The number of rotatable bonds is 4. The van der Waals surface area contributed by atoms with Gasteiger partial charge >= 0.3 is 0 Å². The molecule has 2 rings (SSSR count). The zero-order valence-electron chi connectivity index (χ0n) is 13.0. The van der Waals surface area contributed by atoms with Gasteiger partial charge in [-0.25, -0.2) is 0 Å². The molecule has 1 saturated heterocycles. The van der Waals surface area contributed by atoms with Crippen molar-refractivity contribution in [1.82, 2.24) is 5.32 Å². The van der Waals surface area contributed by atoms with Crippen LogP contribution in [0.3, 0.4) is 0 Å². The highest BCUT2D eigenvalue weighted by Gasteiger charge is 2.16. The Bertz CT molecular complexity index is 435. The van der Waals surface area contributed by atoms with Gasteiger partial charge in [-0.05, 0) is 49.2 Å². The van der Waals surface area contributed by atoms with Gasteiger partial charge in [0.05, 0.1) is 0 Å². The Kier molecular flexibility index (Phi) is 4.98.